The maximum atomic E-state index is 12.1. The SMILES string of the molecule is CCCC[C@H](C)C(=O)NCc1ccnc(N2CCN(C)CC2)n1. The third-order valence-electron chi connectivity index (χ3n) is 4.37. The van der Waals surface area contributed by atoms with Gasteiger partial charge in [-0.1, -0.05) is 26.7 Å². The van der Waals surface area contributed by atoms with Crippen LogP contribution in [0.4, 0.5) is 5.95 Å². The minimum atomic E-state index is 0.0638. The van der Waals surface area contributed by atoms with Crippen molar-refractivity contribution in [3.05, 3.63) is 18.0 Å². The topological polar surface area (TPSA) is 61.4 Å². The molecule has 1 aliphatic rings. The summed E-state index contributed by atoms with van der Waals surface area (Å²) in [6.45, 7) is 8.55. The highest BCUT2D eigenvalue weighted by Gasteiger charge is 2.17. The summed E-state index contributed by atoms with van der Waals surface area (Å²) in [4.78, 5) is 25.6. The Hall–Kier alpha value is -1.69. The maximum Gasteiger partial charge on any atom is 0.225 e. The van der Waals surface area contributed by atoms with Crippen LogP contribution in [0.1, 0.15) is 38.8 Å². The van der Waals surface area contributed by atoms with Crippen molar-refractivity contribution in [2.45, 2.75) is 39.7 Å². The van der Waals surface area contributed by atoms with E-state index in [0.29, 0.717) is 6.54 Å². The van der Waals surface area contributed by atoms with Crippen LogP contribution in [-0.2, 0) is 11.3 Å². The molecule has 1 fully saturated rings. The summed E-state index contributed by atoms with van der Waals surface area (Å²) in [7, 11) is 2.13. The number of rotatable bonds is 7. The molecule has 1 aromatic heterocycles. The van der Waals surface area contributed by atoms with E-state index >= 15 is 0 Å². The van der Waals surface area contributed by atoms with Gasteiger partial charge >= 0.3 is 0 Å². The van der Waals surface area contributed by atoms with Gasteiger partial charge in [-0.25, -0.2) is 9.97 Å². The van der Waals surface area contributed by atoms with Crippen molar-refractivity contribution in [2.75, 3.05) is 38.1 Å². The number of carbonyl (C=O) groups is 1. The highest BCUT2D eigenvalue weighted by molar-refractivity contribution is 5.78. The van der Waals surface area contributed by atoms with Crippen molar-refractivity contribution in [3.63, 3.8) is 0 Å². The summed E-state index contributed by atoms with van der Waals surface area (Å²) in [6.07, 6.45) is 4.94. The van der Waals surface area contributed by atoms with Crippen molar-refractivity contribution in [2.24, 2.45) is 5.92 Å². The molecule has 1 atom stereocenters. The largest absolute Gasteiger partial charge is 0.350 e. The fraction of sp³-hybridized carbons (Fsp3) is 0.706. The molecular weight excluding hydrogens is 290 g/mol. The number of anilines is 1. The molecule has 6 heteroatoms. The summed E-state index contributed by atoms with van der Waals surface area (Å²) in [5, 5.41) is 2.99. The Kier molecular flexibility index (Phi) is 6.77. The van der Waals surface area contributed by atoms with Crippen molar-refractivity contribution in [3.8, 4) is 0 Å². The molecule has 1 aliphatic heterocycles. The molecule has 0 aromatic carbocycles. The van der Waals surface area contributed by atoms with Gasteiger partial charge in [0.2, 0.25) is 11.9 Å². The molecule has 0 unspecified atom stereocenters. The standard InChI is InChI=1S/C17H29N5O/c1-4-5-6-14(2)16(23)19-13-15-7-8-18-17(20-15)22-11-9-21(3)10-12-22/h7-8,14H,4-6,9-13H2,1-3H3,(H,19,23)/t14-/m0/s1. The summed E-state index contributed by atoms with van der Waals surface area (Å²) in [5.41, 5.74) is 0.866. The van der Waals surface area contributed by atoms with Gasteiger partial charge in [0.1, 0.15) is 0 Å². The highest BCUT2D eigenvalue weighted by atomic mass is 16.1. The number of unbranched alkanes of at least 4 members (excludes halogenated alkanes) is 1. The molecule has 0 spiro atoms. The first-order chi connectivity index (χ1) is 11.1. The molecular formula is C17H29N5O. The lowest BCUT2D eigenvalue weighted by Crippen LogP contribution is -2.45. The third-order valence-corrected chi connectivity index (χ3v) is 4.37. The van der Waals surface area contributed by atoms with E-state index in [1.807, 2.05) is 13.0 Å². The van der Waals surface area contributed by atoms with Gasteiger partial charge in [0.15, 0.2) is 0 Å². The summed E-state index contributed by atoms with van der Waals surface area (Å²) in [5.74, 6) is 0.941. The van der Waals surface area contributed by atoms with Gasteiger partial charge in [-0.15, -0.1) is 0 Å². The Bertz CT molecular complexity index is 500. The van der Waals surface area contributed by atoms with Crippen molar-refractivity contribution in [1.82, 2.24) is 20.2 Å². The quantitative estimate of drug-likeness (QED) is 0.828. The second kappa shape index (κ2) is 8.82. The lowest BCUT2D eigenvalue weighted by molar-refractivity contribution is -0.124. The molecule has 1 saturated heterocycles. The van der Waals surface area contributed by atoms with Gasteiger partial charge in [0, 0.05) is 38.3 Å². The van der Waals surface area contributed by atoms with Gasteiger partial charge < -0.3 is 15.1 Å². The number of nitrogens with zero attached hydrogens (tertiary/aromatic N) is 4. The van der Waals surface area contributed by atoms with Crippen LogP contribution >= 0.6 is 0 Å². The second-order valence-corrected chi connectivity index (χ2v) is 6.40. The van der Waals surface area contributed by atoms with Crippen LogP contribution in [0, 0.1) is 5.92 Å². The van der Waals surface area contributed by atoms with E-state index in [2.05, 4.69) is 39.1 Å². The van der Waals surface area contributed by atoms with Crippen LogP contribution in [0.25, 0.3) is 0 Å². The Labute approximate surface area is 139 Å². The first-order valence-corrected chi connectivity index (χ1v) is 8.63. The lowest BCUT2D eigenvalue weighted by Gasteiger charge is -2.32. The van der Waals surface area contributed by atoms with Gasteiger partial charge in [-0.3, -0.25) is 4.79 Å². The third kappa shape index (κ3) is 5.46. The first kappa shape index (κ1) is 17.7. The molecule has 0 bridgehead atoms. The fourth-order valence-corrected chi connectivity index (χ4v) is 2.64. The molecule has 2 heterocycles. The van der Waals surface area contributed by atoms with Crippen molar-refractivity contribution < 1.29 is 4.79 Å². The molecule has 1 aromatic rings. The molecule has 1 amide bonds. The normalized spacial score (nSPS) is 17.1. The van der Waals surface area contributed by atoms with Gasteiger partial charge in [0.25, 0.3) is 0 Å². The number of aromatic nitrogens is 2. The zero-order valence-corrected chi connectivity index (χ0v) is 14.6. The molecule has 0 saturated carbocycles. The van der Waals surface area contributed by atoms with E-state index in [4.69, 9.17) is 0 Å². The minimum Gasteiger partial charge on any atom is -0.350 e. The molecule has 0 aliphatic carbocycles. The van der Waals surface area contributed by atoms with Crippen molar-refractivity contribution >= 4 is 11.9 Å². The molecule has 0 radical (unpaired) electrons. The average molecular weight is 319 g/mol. The number of piperazine rings is 1. The van der Waals surface area contributed by atoms with Crippen LogP contribution in [-0.4, -0.2) is 54.0 Å². The maximum absolute atomic E-state index is 12.1. The summed E-state index contributed by atoms with van der Waals surface area (Å²) in [6, 6.07) is 1.87. The number of likely N-dealkylation sites (N-methyl/N-ethyl adjacent to an activating group) is 1. The molecule has 23 heavy (non-hydrogen) atoms. The predicted molar refractivity (Wildman–Crippen MR) is 92.3 cm³/mol. The Morgan fingerprint density at radius 3 is 2.78 bits per heavy atom. The van der Waals surface area contributed by atoms with E-state index in [-0.39, 0.29) is 11.8 Å². The van der Waals surface area contributed by atoms with E-state index in [0.717, 1.165) is 57.1 Å². The van der Waals surface area contributed by atoms with Crippen LogP contribution in [0.5, 0.6) is 0 Å². The lowest BCUT2D eigenvalue weighted by atomic mass is 10.0. The van der Waals surface area contributed by atoms with Crippen LogP contribution in [0.15, 0.2) is 12.3 Å². The number of carbonyl (C=O) groups excluding carboxylic acids is 1. The fourth-order valence-electron chi connectivity index (χ4n) is 2.64. The zero-order chi connectivity index (χ0) is 16.7. The van der Waals surface area contributed by atoms with Crippen LogP contribution in [0.2, 0.25) is 0 Å². The van der Waals surface area contributed by atoms with Gasteiger partial charge in [0.05, 0.1) is 12.2 Å². The molecule has 2 rings (SSSR count). The van der Waals surface area contributed by atoms with Crippen LogP contribution < -0.4 is 10.2 Å². The van der Waals surface area contributed by atoms with Crippen molar-refractivity contribution in [1.29, 1.82) is 0 Å². The van der Waals surface area contributed by atoms with E-state index in [9.17, 15) is 4.79 Å². The van der Waals surface area contributed by atoms with E-state index < -0.39 is 0 Å². The average Bonchev–Trinajstić information content (AvgIpc) is 2.58. The number of hydrogen-bond acceptors (Lipinski definition) is 5. The van der Waals surface area contributed by atoms with E-state index in [1.165, 1.54) is 0 Å². The van der Waals surface area contributed by atoms with Crippen LogP contribution in [0.3, 0.4) is 0 Å². The summed E-state index contributed by atoms with van der Waals surface area (Å²) < 4.78 is 0. The zero-order valence-electron chi connectivity index (χ0n) is 14.6. The van der Waals surface area contributed by atoms with Gasteiger partial charge in [-0.05, 0) is 19.5 Å². The molecule has 1 N–H and O–H groups in total. The number of hydrogen-bond donors (Lipinski definition) is 1. The molecule has 6 nitrogen and oxygen atoms in total. The summed E-state index contributed by atoms with van der Waals surface area (Å²) >= 11 is 0. The second-order valence-electron chi connectivity index (χ2n) is 6.40. The minimum absolute atomic E-state index is 0.0638. The Morgan fingerprint density at radius 1 is 1.35 bits per heavy atom. The predicted octanol–water partition coefficient (Wildman–Crippen LogP) is 1.67. The number of nitrogens with one attached hydrogen (secondary N) is 1. The monoisotopic (exact) mass is 319 g/mol. The highest BCUT2D eigenvalue weighted by Crippen LogP contribution is 2.11. The first-order valence-electron chi connectivity index (χ1n) is 8.63. The molecule has 128 valence electrons. The number of amides is 1. The Morgan fingerprint density at radius 2 is 2.09 bits per heavy atom. The Balaban J connectivity index is 1.86. The van der Waals surface area contributed by atoms with Gasteiger partial charge in [-0.2, -0.15) is 0 Å². The smallest absolute Gasteiger partial charge is 0.225 e. The van der Waals surface area contributed by atoms with E-state index in [1.54, 1.807) is 6.20 Å².